The molecule has 1 N–H and O–H groups in total. The highest BCUT2D eigenvalue weighted by Crippen LogP contribution is 2.61. The van der Waals surface area contributed by atoms with Crippen LogP contribution in [0.3, 0.4) is 0 Å². The van der Waals surface area contributed by atoms with Crippen LogP contribution in [0.25, 0.3) is 0 Å². The van der Waals surface area contributed by atoms with Gasteiger partial charge in [-0.05, 0) is 24.3 Å². The average molecular weight is 425 g/mol. The van der Waals surface area contributed by atoms with Crippen molar-refractivity contribution in [3.63, 3.8) is 0 Å². The predicted molar refractivity (Wildman–Crippen MR) is 83.6 cm³/mol. The molecule has 29 heavy (non-hydrogen) atoms. The number of halogens is 6. The van der Waals surface area contributed by atoms with Crippen molar-refractivity contribution in [1.29, 1.82) is 0 Å². The molecule has 0 aromatic heterocycles. The molecule has 0 fully saturated rings. The van der Waals surface area contributed by atoms with Gasteiger partial charge in [-0.3, -0.25) is 25.0 Å². The van der Waals surface area contributed by atoms with E-state index in [1.165, 1.54) is 30.3 Å². The quantitative estimate of drug-likeness (QED) is 0.343. The predicted octanol–water partition coefficient (Wildman–Crippen LogP) is 3.48. The zero-order chi connectivity index (χ0) is 22.3. The molecule has 1 aromatic carbocycles. The Morgan fingerprint density at radius 3 is 1.83 bits per heavy atom. The van der Waals surface area contributed by atoms with Gasteiger partial charge in [-0.2, -0.15) is 26.3 Å². The van der Waals surface area contributed by atoms with Crippen molar-refractivity contribution in [3.8, 4) is 0 Å². The summed E-state index contributed by atoms with van der Waals surface area (Å²) in [6.45, 7) is 0. The number of amides is 1. The number of carbonyl (C=O) groups excluding carboxylic acids is 1. The lowest BCUT2D eigenvalue weighted by molar-refractivity contribution is -0.811. The number of alkyl halides is 6. The summed E-state index contributed by atoms with van der Waals surface area (Å²) in [7, 11) is 0. The van der Waals surface area contributed by atoms with Gasteiger partial charge >= 0.3 is 23.4 Å². The van der Waals surface area contributed by atoms with E-state index in [1.54, 1.807) is 0 Å². The van der Waals surface area contributed by atoms with Gasteiger partial charge in [0.05, 0.1) is 6.08 Å². The molecule has 0 atom stereocenters. The maximum absolute atomic E-state index is 13.6. The monoisotopic (exact) mass is 425 g/mol. The van der Waals surface area contributed by atoms with E-state index in [9.17, 15) is 51.4 Å². The molecule has 0 aliphatic heterocycles. The second-order valence-electron chi connectivity index (χ2n) is 5.80. The first-order valence-corrected chi connectivity index (χ1v) is 7.41. The summed E-state index contributed by atoms with van der Waals surface area (Å²) in [5.74, 6) is -1.48. The summed E-state index contributed by atoms with van der Waals surface area (Å²) in [5.41, 5.74) is -11.8. The standard InChI is InChI=1S/C15H9F6N3O5/c16-14(17,18)12(15(19,20)21)8-9(6-7-13(12,23(26)27)24(28)29)11(25)22-10-4-2-1-3-5-10/h1-8H,(H,22,25). The normalized spacial score (nSPS) is 17.9. The number of nitrogens with zero attached hydrogens (tertiary/aromatic N) is 2. The maximum Gasteiger partial charge on any atom is 0.504 e. The van der Waals surface area contributed by atoms with E-state index in [0.717, 1.165) is 0 Å². The molecule has 0 radical (unpaired) electrons. The molecule has 0 spiro atoms. The number of para-hydroxylation sites is 1. The largest absolute Gasteiger partial charge is 0.504 e. The number of benzene rings is 1. The van der Waals surface area contributed by atoms with Crippen LogP contribution in [0.4, 0.5) is 32.0 Å². The highest BCUT2D eigenvalue weighted by Gasteiger charge is 2.91. The first kappa shape index (κ1) is 21.8. The van der Waals surface area contributed by atoms with Crippen LogP contribution in [0.15, 0.2) is 54.1 Å². The van der Waals surface area contributed by atoms with E-state index in [0.29, 0.717) is 0 Å². The van der Waals surface area contributed by atoms with Crippen LogP contribution in [0.1, 0.15) is 0 Å². The smallest absolute Gasteiger partial charge is 0.322 e. The van der Waals surface area contributed by atoms with Crippen LogP contribution in [0.5, 0.6) is 0 Å². The third-order valence-electron chi connectivity index (χ3n) is 4.19. The zero-order valence-electron chi connectivity index (χ0n) is 13.8. The van der Waals surface area contributed by atoms with Crippen LogP contribution in [0, 0.1) is 25.6 Å². The Hall–Kier alpha value is -3.45. The number of hydrogen-bond donors (Lipinski definition) is 1. The van der Waals surface area contributed by atoms with E-state index in [1.807, 2.05) is 5.32 Å². The summed E-state index contributed by atoms with van der Waals surface area (Å²) in [4.78, 5) is 29.9. The highest BCUT2D eigenvalue weighted by atomic mass is 19.4. The summed E-state index contributed by atoms with van der Waals surface area (Å²) in [5, 5.41) is 24.4. The van der Waals surface area contributed by atoms with Gasteiger partial charge in [-0.25, -0.2) is 0 Å². The minimum absolute atomic E-state index is 0.00296. The van der Waals surface area contributed by atoms with E-state index >= 15 is 0 Å². The molecule has 1 aliphatic carbocycles. The molecule has 1 aromatic rings. The minimum atomic E-state index is -6.55. The van der Waals surface area contributed by atoms with Crippen molar-refractivity contribution < 1.29 is 41.0 Å². The number of rotatable bonds is 4. The van der Waals surface area contributed by atoms with Gasteiger partial charge < -0.3 is 5.32 Å². The lowest BCUT2D eigenvalue weighted by atomic mass is 9.69. The second kappa shape index (κ2) is 6.86. The molecule has 2 rings (SSSR count). The molecule has 156 valence electrons. The van der Waals surface area contributed by atoms with Gasteiger partial charge in [0.2, 0.25) is 0 Å². The number of nitro groups is 2. The molecule has 1 aliphatic rings. The van der Waals surface area contributed by atoms with Crippen LogP contribution in [-0.4, -0.2) is 33.8 Å². The van der Waals surface area contributed by atoms with E-state index in [2.05, 4.69) is 0 Å². The highest BCUT2D eigenvalue weighted by molar-refractivity contribution is 6.06. The fourth-order valence-electron chi connectivity index (χ4n) is 2.81. The molecule has 8 nitrogen and oxygen atoms in total. The van der Waals surface area contributed by atoms with Crippen LogP contribution in [0.2, 0.25) is 0 Å². The van der Waals surface area contributed by atoms with Crippen LogP contribution < -0.4 is 5.32 Å². The zero-order valence-corrected chi connectivity index (χ0v) is 13.8. The van der Waals surface area contributed by atoms with Crippen LogP contribution >= 0.6 is 0 Å². The third kappa shape index (κ3) is 3.19. The molecule has 0 unspecified atom stereocenters. The molecular weight excluding hydrogens is 416 g/mol. The fourth-order valence-corrected chi connectivity index (χ4v) is 2.81. The van der Waals surface area contributed by atoms with Crippen molar-refractivity contribution in [2.45, 2.75) is 18.0 Å². The molecule has 0 saturated heterocycles. The summed E-state index contributed by atoms with van der Waals surface area (Å²) >= 11 is 0. The van der Waals surface area contributed by atoms with Crippen molar-refractivity contribution in [2.24, 2.45) is 5.41 Å². The number of nitrogens with one attached hydrogen (secondary N) is 1. The van der Waals surface area contributed by atoms with Gasteiger partial charge in [0.15, 0.2) is 0 Å². The number of anilines is 1. The fraction of sp³-hybridized carbons (Fsp3) is 0.267. The third-order valence-corrected chi connectivity index (χ3v) is 4.19. The van der Waals surface area contributed by atoms with Gasteiger partial charge in [-0.15, -0.1) is 0 Å². The average Bonchev–Trinajstić information content (AvgIpc) is 2.59. The Kier molecular flexibility index (Phi) is 5.17. The molecule has 0 heterocycles. The Balaban J connectivity index is 2.75. The molecule has 0 saturated carbocycles. The van der Waals surface area contributed by atoms with Crippen molar-refractivity contribution in [1.82, 2.24) is 0 Å². The topological polar surface area (TPSA) is 115 Å². The maximum atomic E-state index is 13.6. The summed E-state index contributed by atoms with van der Waals surface area (Å²) < 4.78 is 81.8. The summed E-state index contributed by atoms with van der Waals surface area (Å²) in [6.07, 6.45) is -14.2. The lowest BCUT2D eigenvalue weighted by Gasteiger charge is -2.38. The first-order valence-electron chi connectivity index (χ1n) is 7.41. The summed E-state index contributed by atoms with van der Waals surface area (Å²) in [6, 6.07) is 6.85. The minimum Gasteiger partial charge on any atom is -0.322 e. The Labute approximate surface area is 156 Å². The van der Waals surface area contributed by atoms with Gasteiger partial charge in [0.25, 0.3) is 5.91 Å². The van der Waals surface area contributed by atoms with Gasteiger partial charge in [-0.1, -0.05) is 18.2 Å². The van der Waals surface area contributed by atoms with Gasteiger partial charge in [0.1, 0.15) is 9.85 Å². The van der Waals surface area contributed by atoms with E-state index in [4.69, 9.17) is 0 Å². The number of hydrogen-bond acceptors (Lipinski definition) is 5. The SMILES string of the molecule is O=C(Nc1ccccc1)C1=CC(C(F)(F)F)(C(F)(F)F)C([N+](=O)[O-])([N+](=O)[O-])C=C1. The Morgan fingerprint density at radius 2 is 1.41 bits per heavy atom. The molecule has 0 bridgehead atoms. The van der Waals surface area contributed by atoms with Crippen molar-refractivity contribution in [3.05, 3.63) is 74.4 Å². The van der Waals surface area contributed by atoms with Crippen molar-refractivity contribution >= 4 is 11.6 Å². The second-order valence-corrected chi connectivity index (χ2v) is 5.80. The molecule has 14 heteroatoms. The van der Waals surface area contributed by atoms with Crippen molar-refractivity contribution in [2.75, 3.05) is 5.32 Å². The number of carbonyl (C=O) groups is 1. The molecule has 1 amide bonds. The Morgan fingerprint density at radius 1 is 0.931 bits per heavy atom. The van der Waals surface area contributed by atoms with Gasteiger partial charge in [0, 0.05) is 11.3 Å². The van der Waals surface area contributed by atoms with E-state index in [-0.39, 0.29) is 11.8 Å². The van der Waals surface area contributed by atoms with Crippen LogP contribution in [-0.2, 0) is 4.79 Å². The van der Waals surface area contributed by atoms with E-state index < -0.39 is 56.9 Å². The molecular formula is C15H9F6N3O5. The Bertz CT molecular complexity index is 879. The first-order chi connectivity index (χ1) is 13.2. The lowest BCUT2D eigenvalue weighted by Crippen LogP contribution is -2.70.